The van der Waals surface area contributed by atoms with Crippen LogP contribution in [0.3, 0.4) is 0 Å². The second-order valence-electron chi connectivity index (χ2n) is 4.23. The van der Waals surface area contributed by atoms with Gasteiger partial charge in [-0.15, -0.1) is 5.10 Å². The lowest BCUT2D eigenvalue weighted by Crippen LogP contribution is -2.05. The minimum absolute atomic E-state index is 0.134. The van der Waals surface area contributed by atoms with E-state index in [1.54, 1.807) is 13.0 Å². The summed E-state index contributed by atoms with van der Waals surface area (Å²) in [6, 6.07) is 8.73. The van der Waals surface area contributed by atoms with Crippen LogP contribution in [0.5, 0.6) is 0 Å². The molecule has 0 bridgehead atoms. The molecule has 0 unspecified atom stereocenters. The van der Waals surface area contributed by atoms with Crippen molar-refractivity contribution in [3.05, 3.63) is 57.3 Å². The Kier molecular flexibility index (Phi) is 3.70. The first-order valence-electron chi connectivity index (χ1n) is 5.85. The Balaban J connectivity index is 2.13. The summed E-state index contributed by atoms with van der Waals surface area (Å²) in [7, 11) is 0. The quantitative estimate of drug-likeness (QED) is 0.673. The third kappa shape index (κ3) is 3.04. The molecule has 0 amide bonds. The molecule has 6 heteroatoms. The lowest BCUT2D eigenvalue weighted by Gasteiger charge is -2.08. The first kappa shape index (κ1) is 12.9. The van der Waals surface area contributed by atoms with E-state index in [1.807, 2.05) is 25.1 Å². The fourth-order valence-corrected chi connectivity index (χ4v) is 1.74. The summed E-state index contributed by atoms with van der Waals surface area (Å²) < 4.78 is 0. The molecular formula is C13H14N4O2. The summed E-state index contributed by atoms with van der Waals surface area (Å²) in [5, 5.41) is 21.9. The van der Waals surface area contributed by atoms with Crippen LogP contribution in [0, 0.1) is 24.0 Å². The molecule has 19 heavy (non-hydrogen) atoms. The average molecular weight is 258 g/mol. The number of hydrogen-bond donors (Lipinski definition) is 1. The molecule has 0 saturated carbocycles. The van der Waals surface area contributed by atoms with Crippen molar-refractivity contribution in [1.82, 2.24) is 10.2 Å². The lowest BCUT2D eigenvalue weighted by atomic mass is 10.1. The molecule has 0 fully saturated rings. The van der Waals surface area contributed by atoms with Gasteiger partial charge in [0.2, 0.25) is 0 Å². The Labute approximate surface area is 110 Å². The van der Waals surface area contributed by atoms with E-state index in [-0.39, 0.29) is 10.6 Å². The molecule has 2 aromatic rings. The van der Waals surface area contributed by atoms with E-state index in [0.29, 0.717) is 17.9 Å². The molecule has 0 aliphatic carbocycles. The van der Waals surface area contributed by atoms with Gasteiger partial charge in [-0.05, 0) is 31.5 Å². The standard InChI is InChI=1S/C13H14N4O2/c1-9-6-7-13(16-15-9)14-8-11-4-3-5-12(10(11)2)17(18)19/h3-7H,8H2,1-2H3,(H,14,16). The summed E-state index contributed by atoms with van der Waals surface area (Å²) in [5.41, 5.74) is 2.52. The highest BCUT2D eigenvalue weighted by atomic mass is 16.6. The molecule has 0 atom stereocenters. The van der Waals surface area contributed by atoms with Crippen molar-refractivity contribution < 1.29 is 4.92 Å². The van der Waals surface area contributed by atoms with Crippen molar-refractivity contribution >= 4 is 11.5 Å². The zero-order chi connectivity index (χ0) is 13.8. The van der Waals surface area contributed by atoms with Crippen LogP contribution < -0.4 is 5.32 Å². The van der Waals surface area contributed by atoms with Crippen molar-refractivity contribution in [2.75, 3.05) is 5.32 Å². The second kappa shape index (κ2) is 5.43. The molecule has 1 heterocycles. The van der Waals surface area contributed by atoms with Crippen molar-refractivity contribution in [2.45, 2.75) is 20.4 Å². The van der Waals surface area contributed by atoms with Crippen LogP contribution in [0.15, 0.2) is 30.3 Å². The van der Waals surface area contributed by atoms with Crippen LogP contribution in [0.25, 0.3) is 0 Å². The topological polar surface area (TPSA) is 81.0 Å². The molecule has 98 valence electrons. The van der Waals surface area contributed by atoms with E-state index in [4.69, 9.17) is 0 Å². The number of hydrogen-bond acceptors (Lipinski definition) is 5. The van der Waals surface area contributed by atoms with E-state index < -0.39 is 0 Å². The summed E-state index contributed by atoms with van der Waals surface area (Å²) in [6.45, 7) is 4.09. The van der Waals surface area contributed by atoms with E-state index in [0.717, 1.165) is 11.3 Å². The monoisotopic (exact) mass is 258 g/mol. The number of nitrogens with zero attached hydrogens (tertiary/aromatic N) is 3. The van der Waals surface area contributed by atoms with E-state index in [9.17, 15) is 10.1 Å². The highest BCUT2D eigenvalue weighted by Crippen LogP contribution is 2.21. The van der Waals surface area contributed by atoms with Crippen LogP contribution in [0.2, 0.25) is 0 Å². The average Bonchev–Trinajstić information content (AvgIpc) is 2.39. The molecule has 1 aromatic heterocycles. The number of nitro groups is 1. The normalized spacial score (nSPS) is 10.2. The zero-order valence-corrected chi connectivity index (χ0v) is 10.8. The number of anilines is 1. The number of nitro benzene ring substituents is 1. The lowest BCUT2D eigenvalue weighted by molar-refractivity contribution is -0.385. The van der Waals surface area contributed by atoms with Crippen LogP contribution in [0.4, 0.5) is 11.5 Å². The van der Waals surface area contributed by atoms with E-state index >= 15 is 0 Å². The van der Waals surface area contributed by atoms with Gasteiger partial charge in [0.15, 0.2) is 0 Å². The van der Waals surface area contributed by atoms with Crippen molar-refractivity contribution in [1.29, 1.82) is 0 Å². The molecule has 0 saturated heterocycles. The number of nitrogens with one attached hydrogen (secondary N) is 1. The van der Waals surface area contributed by atoms with Crippen LogP contribution in [-0.4, -0.2) is 15.1 Å². The SMILES string of the molecule is Cc1ccc(NCc2cccc([N+](=O)[O-])c2C)nn1. The molecule has 0 aliphatic rings. The highest BCUT2D eigenvalue weighted by Gasteiger charge is 2.12. The third-order valence-corrected chi connectivity index (χ3v) is 2.87. The predicted molar refractivity (Wildman–Crippen MR) is 71.9 cm³/mol. The highest BCUT2D eigenvalue weighted by molar-refractivity contribution is 5.46. The van der Waals surface area contributed by atoms with Gasteiger partial charge in [0, 0.05) is 18.2 Å². The molecule has 2 rings (SSSR count). The fourth-order valence-electron chi connectivity index (χ4n) is 1.74. The maximum atomic E-state index is 10.8. The van der Waals surface area contributed by atoms with E-state index in [2.05, 4.69) is 15.5 Å². The Morgan fingerprint density at radius 1 is 1.21 bits per heavy atom. The van der Waals surface area contributed by atoms with Crippen LogP contribution >= 0.6 is 0 Å². The van der Waals surface area contributed by atoms with Gasteiger partial charge in [0.25, 0.3) is 5.69 Å². The summed E-state index contributed by atoms with van der Waals surface area (Å²) in [5.74, 6) is 0.650. The molecule has 0 spiro atoms. The Morgan fingerprint density at radius 2 is 2.00 bits per heavy atom. The minimum Gasteiger partial charge on any atom is -0.364 e. The maximum absolute atomic E-state index is 10.8. The van der Waals surface area contributed by atoms with Crippen LogP contribution in [-0.2, 0) is 6.54 Å². The van der Waals surface area contributed by atoms with Crippen LogP contribution in [0.1, 0.15) is 16.8 Å². The number of aromatic nitrogens is 2. The van der Waals surface area contributed by atoms with Crippen molar-refractivity contribution in [2.24, 2.45) is 0 Å². The largest absolute Gasteiger partial charge is 0.364 e. The van der Waals surface area contributed by atoms with Crippen molar-refractivity contribution in [3.8, 4) is 0 Å². The number of benzene rings is 1. The Morgan fingerprint density at radius 3 is 2.63 bits per heavy atom. The fraction of sp³-hybridized carbons (Fsp3) is 0.231. The molecule has 6 nitrogen and oxygen atoms in total. The first-order valence-corrected chi connectivity index (χ1v) is 5.85. The zero-order valence-electron chi connectivity index (χ0n) is 10.8. The molecule has 1 aromatic carbocycles. The summed E-state index contributed by atoms with van der Waals surface area (Å²) in [4.78, 5) is 10.5. The second-order valence-corrected chi connectivity index (χ2v) is 4.23. The van der Waals surface area contributed by atoms with Gasteiger partial charge in [-0.3, -0.25) is 10.1 Å². The van der Waals surface area contributed by atoms with Gasteiger partial charge >= 0.3 is 0 Å². The van der Waals surface area contributed by atoms with Gasteiger partial charge in [-0.2, -0.15) is 5.10 Å². The van der Waals surface area contributed by atoms with Gasteiger partial charge in [-0.25, -0.2) is 0 Å². The van der Waals surface area contributed by atoms with Crippen molar-refractivity contribution in [3.63, 3.8) is 0 Å². The van der Waals surface area contributed by atoms with Gasteiger partial charge in [0.1, 0.15) is 5.82 Å². The molecule has 1 N–H and O–H groups in total. The summed E-state index contributed by atoms with van der Waals surface area (Å²) in [6.07, 6.45) is 0. The van der Waals surface area contributed by atoms with Gasteiger partial charge in [-0.1, -0.05) is 12.1 Å². The number of rotatable bonds is 4. The summed E-state index contributed by atoms with van der Waals surface area (Å²) >= 11 is 0. The number of aryl methyl sites for hydroxylation is 1. The smallest absolute Gasteiger partial charge is 0.272 e. The maximum Gasteiger partial charge on any atom is 0.272 e. The predicted octanol–water partition coefficient (Wildman–Crippen LogP) is 2.61. The molecule has 0 radical (unpaired) electrons. The molecular weight excluding hydrogens is 244 g/mol. The minimum atomic E-state index is -0.371. The molecule has 0 aliphatic heterocycles. The van der Waals surface area contributed by atoms with E-state index in [1.165, 1.54) is 6.07 Å². The Bertz CT molecular complexity index is 596. The first-order chi connectivity index (χ1) is 9.08. The third-order valence-electron chi connectivity index (χ3n) is 2.87. The van der Waals surface area contributed by atoms with Gasteiger partial charge < -0.3 is 5.32 Å². The Hall–Kier alpha value is -2.50. The van der Waals surface area contributed by atoms with Gasteiger partial charge in [0.05, 0.1) is 10.6 Å².